The Labute approximate surface area is 131 Å². The average Bonchev–Trinajstić information content (AvgIpc) is 3.17. The molecule has 0 aromatic heterocycles. The summed E-state index contributed by atoms with van der Waals surface area (Å²) >= 11 is 0. The fraction of sp³-hybridized carbons (Fsp3) is 1.00. The zero-order valence-electron chi connectivity index (χ0n) is 11.8. The van der Waals surface area contributed by atoms with Crippen molar-refractivity contribution in [2.24, 2.45) is 0 Å². The van der Waals surface area contributed by atoms with Crippen LogP contribution in [0, 0.1) is 0 Å². The molecule has 1 saturated carbocycles. The van der Waals surface area contributed by atoms with E-state index in [2.05, 4.69) is 4.18 Å². The van der Waals surface area contributed by atoms with Gasteiger partial charge in [-0.15, -0.1) is 0 Å². The monoisotopic (exact) mass is 383 g/mol. The van der Waals surface area contributed by atoms with Crippen molar-refractivity contribution in [1.82, 2.24) is 4.13 Å². The Morgan fingerprint density at radius 3 is 2.30 bits per heavy atom. The standard InChI is InChI=1S/C10H16F3NO7S2/c11-10(12,13)22(15,16)14-23(17,18)21-8-3-1-2-7(4-8)19-5-9-6-20-9/h7-9,14H,1-6H2. The summed E-state index contributed by atoms with van der Waals surface area (Å²) in [7, 11) is -11.1. The highest BCUT2D eigenvalue weighted by Crippen LogP contribution is 2.27. The van der Waals surface area contributed by atoms with E-state index in [9.17, 15) is 30.0 Å². The van der Waals surface area contributed by atoms with Crippen LogP contribution < -0.4 is 4.13 Å². The van der Waals surface area contributed by atoms with Gasteiger partial charge in [-0.05, 0) is 19.3 Å². The molecule has 23 heavy (non-hydrogen) atoms. The van der Waals surface area contributed by atoms with Crippen LogP contribution in [0.3, 0.4) is 0 Å². The number of ether oxygens (including phenoxy) is 2. The Morgan fingerprint density at radius 1 is 1.13 bits per heavy atom. The first-order valence-electron chi connectivity index (χ1n) is 6.75. The lowest BCUT2D eigenvalue weighted by Crippen LogP contribution is -2.43. The minimum Gasteiger partial charge on any atom is -0.375 e. The van der Waals surface area contributed by atoms with Crippen molar-refractivity contribution in [2.45, 2.75) is 49.5 Å². The van der Waals surface area contributed by atoms with Gasteiger partial charge in [-0.3, -0.25) is 4.18 Å². The molecule has 2 rings (SSSR count). The molecule has 136 valence electrons. The van der Waals surface area contributed by atoms with Crippen molar-refractivity contribution in [1.29, 1.82) is 0 Å². The van der Waals surface area contributed by atoms with Crippen molar-refractivity contribution in [3.63, 3.8) is 0 Å². The Bertz CT molecular complexity index is 615. The van der Waals surface area contributed by atoms with E-state index in [0.29, 0.717) is 30.2 Å². The van der Waals surface area contributed by atoms with Crippen LogP contribution in [-0.4, -0.2) is 53.9 Å². The molecule has 0 aromatic rings. The van der Waals surface area contributed by atoms with Gasteiger partial charge in [-0.2, -0.15) is 21.6 Å². The fourth-order valence-electron chi connectivity index (χ4n) is 2.13. The average molecular weight is 383 g/mol. The maximum Gasteiger partial charge on any atom is 0.512 e. The third-order valence-electron chi connectivity index (χ3n) is 3.28. The minimum atomic E-state index is -6.04. The number of hydrogen-bond donors (Lipinski definition) is 1. The molecule has 3 atom stereocenters. The van der Waals surface area contributed by atoms with Crippen LogP contribution in [0.25, 0.3) is 0 Å². The van der Waals surface area contributed by atoms with E-state index in [4.69, 9.17) is 9.47 Å². The van der Waals surface area contributed by atoms with Crippen LogP contribution in [0.1, 0.15) is 25.7 Å². The fourth-order valence-corrected chi connectivity index (χ4v) is 4.27. The van der Waals surface area contributed by atoms with Crippen molar-refractivity contribution in [2.75, 3.05) is 13.2 Å². The van der Waals surface area contributed by atoms with Gasteiger partial charge < -0.3 is 9.47 Å². The molecule has 8 nitrogen and oxygen atoms in total. The summed E-state index contributed by atoms with van der Waals surface area (Å²) in [5, 5.41) is 0. The van der Waals surface area contributed by atoms with Crippen LogP contribution in [0.15, 0.2) is 0 Å². The van der Waals surface area contributed by atoms with Crippen LogP contribution in [0.4, 0.5) is 13.2 Å². The summed E-state index contributed by atoms with van der Waals surface area (Å²) in [6.45, 7) is 0.949. The summed E-state index contributed by atoms with van der Waals surface area (Å²) in [5.74, 6) is 0. The molecule has 0 aromatic carbocycles. The zero-order valence-corrected chi connectivity index (χ0v) is 13.4. The highest BCUT2D eigenvalue weighted by Gasteiger charge is 2.49. The molecular formula is C10H16F3NO7S2. The van der Waals surface area contributed by atoms with Crippen molar-refractivity contribution in [3.05, 3.63) is 0 Å². The zero-order chi connectivity index (χ0) is 17.3. The molecule has 1 N–H and O–H groups in total. The maximum absolute atomic E-state index is 12.2. The quantitative estimate of drug-likeness (QED) is 0.634. The molecule has 2 fully saturated rings. The molecule has 0 amide bonds. The number of nitrogens with one attached hydrogen (secondary N) is 1. The summed E-state index contributed by atoms with van der Waals surface area (Å²) in [6, 6.07) is 0. The van der Waals surface area contributed by atoms with Gasteiger partial charge >= 0.3 is 25.8 Å². The SMILES string of the molecule is O=S(=O)(NS(=O)(=O)C(F)(F)F)OC1CCCC(OCC2CO2)C1. The molecule has 3 unspecified atom stereocenters. The molecule has 0 bridgehead atoms. The number of rotatable bonds is 7. The van der Waals surface area contributed by atoms with E-state index in [1.807, 2.05) is 0 Å². The summed E-state index contributed by atoms with van der Waals surface area (Å²) in [6.07, 6.45) is 0.372. The number of hydrogen-bond acceptors (Lipinski definition) is 7. The molecule has 1 saturated heterocycles. The number of epoxide rings is 1. The predicted octanol–water partition coefficient (Wildman–Crippen LogP) is 0.414. The normalized spacial score (nSPS) is 29.4. The van der Waals surface area contributed by atoms with E-state index < -0.39 is 31.9 Å². The molecule has 0 radical (unpaired) electrons. The smallest absolute Gasteiger partial charge is 0.375 e. The van der Waals surface area contributed by atoms with Gasteiger partial charge in [0, 0.05) is 6.42 Å². The highest BCUT2D eigenvalue weighted by atomic mass is 32.3. The van der Waals surface area contributed by atoms with Gasteiger partial charge in [-0.25, -0.2) is 8.42 Å². The summed E-state index contributed by atoms with van der Waals surface area (Å²) in [4.78, 5) is 0. The van der Waals surface area contributed by atoms with Gasteiger partial charge in [0.2, 0.25) is 0 Å². The summed E-state index contributed by atoms with van der Waals surface area (Å²) in [5.41, 5.74) is -5.74. The lowest BCUT2D eigenvalue weighted by molar-refractivity contribution is -0.0444. The minimum absolute atomic E-state index is 0.0265. The molecule has 1 aliphatic carbocycles. The first kappa shape index (κ1) is 18.9. The van der Waals surface area contributed by atoms with Crippen molar-refractivity contribution in [3.8, 4) is 0 Å². The van der Waals surface area contributed by atoms with E-state index in [0.717, 1.165) is 0 Å². The van der Waals surface area contributed by atoms with Crippen LogP contribution >= 0.6 is 0 Å². The predicted molar refractivity (Wildman–Crippen MR) is 69.9 cm³/mol. The Hall–Kier alpha value is -0.470. The van der Waals surface area contributed by atoms with E-state index >= 15 is 0 Å². The highest BCUT2D eigenvalue weighted by molar-refractivity contribution is 8.03. The first-order chi connectivity index (χ1) is 10.5. The summed E-state index contributed by atoms with van der Waals surface area (Å²) < 4.78 is 96.7. The second-order valence-corrected chi connectivity index (χ2v) is 8.52. The molecule has 1 heterocycles. The Balaban J connectivity index is 1.88. The number of alkyl halides is 3. The second kappa shape index (κ2) is 6.80. The largest absolute Gasteiger partial charge is 0.512 e. The molecule has 2 aliphatic rings. The molecular weight excluding hydrogens is 367 g/mol. The molecule has 0 spiro atoms. The van der Waals surface area contributed by atoms with Gasteiger partial charge in [0.05, 0.1) is 25.4 Å². The van der Waals surface area contributed by atoms with E-state index in [1.54, 1.807) is 0 Å². The van der Waals surface area contributed by atoms with Gasteiger partial charge in [0.25, 0.3) is 0 Å². The molecule has 13 heteroatoms. The van der Waals surface area contributed by atoms with Crippen LogP contribution in [0.2, 0.25) is 0 Å². The van der Waals surface area contributed by atoms with E-state index in [-0.39, 0.29) is 25.0 Å². The number of halogens is 3. The maximum atomic E-state index is 12.2. The lowest BCUT2D eigenvalue weighted by atomic mass is 9.95. The number of sulfonamides is 1. The van der Waals surface area contributed by atoms with Crippen LogP contribution in [0.5, 0.6) is 0 Å². The molecule has 1 aliphatic heterocycles. The van der Waals surface area contributed by atoms with Crippen molar-refractivity contribution >= 4 is 20.3 Å². The van der Waals surface area contributed by atoms with Gasteiger partial charge in [0.15, 0.2) is 0 Å². The topological polar surface area (TPSA) is 111 Å². The lowest BCUT2D eigenvalue weighted by Gasteiger charge is -2.28. The Kier molecular flexibility index (Phi) is 5.58. The third kappa shape index (κ3) is 5.83. The van der Waals surface area contributed by atoms with Gasteiger partial charge in [-0.1, -0.05) is 4.13 Å². The third-order valence-corrected chi connectivity index (χ3v) is 6.11. The first-order valence-corrected chi connectivity index (χ1v) is 9.64. The second-order valence-electron chi connectivity index (χ2n) is 5.28. The Morgan fingerprint density at radius 2 is 1.74 bits per heavy atom. The van der Waals surface area contributed by atoms with E-state index in [1.165, 1.54) is 0 Å². The van der Waals surface area contributed by atoms with Crippen LogP contribution in [-0.2, 0) is 34.0 Å². The van der Waals surface area contributed by atoms with Crippen molar-refractivity contribution < 1.29 is 43.7 Å². The van der Waals surface area contributed by atoms with Gasteiger partial charge in [0.1, 0.15) is 6.10 Å².